The molecule has 0 atom stereocenters. The smallest absolute Gasteiger partial charge is 0.0368 e. The fourth-order valence-corrected chi connectivity index (χ4v) is 2.01. The number of rotatable bonds is 2. The van der Waals surface area contributed by atoms with Crippen molar-refractivity contribution in [1.29, 1.82) is 0 Å². The van der Waals surface area contributed by atoms with E-state index in [9.17, 15) is 0 Å². The van der Waals surface area contributed by atoms with Crippen molar-refractivity contribution in [3.05, 3.63) is 34.0 Å². The minimum Gasteiger partial charge on any atom is -0.144 e. The average molecular weight is 178 g/mol. The second-order valence-corrected chi connectivity index (χ2v) is 3.59. The third kappa shape index (κ3) is 1.86. The van der Waals surface area contributed by atoms with Crippen LogP contribution in [0.5, 0.6) is 0 Å². The average Bonchev–Trinajstić information content (AvgIpc) is 2.52. The Morgan fingerprint density at radius 2 is 2.17 bits per heavy atom. The highest BCUT2D eigenvalue weighted by molar-refractivity contribution is 7.11. The largest absolute Gasteiger partial charge is 0.144 e. The Kier molecular flexibility index (Phi) is 3.30. The standard InChI is InChI=1S/C11H14S/c1-4-6-10-7-8-12-11(10)9(3)5-2/h4-8H,1-3H3/b6-4-,9-5-. The van der Waals surface area contributed by atoms with Crippen LogP contribution in [-0.4, -0.2) is 0 Å². The van der Waals surface area contributed by atoms with E-state index in [0.717, 1.165) is 0 Å². The van der Waals surface area contributed by atoms with Crippen LogP contribution >= 0.6 is 11.3 Å². The predicted octanol–water partition coefficient (Wildman–Crippen LogP) is 4.20. The van der Waals surface area contributed by atoms with E-state index in [0.29, 0.717) is 0 Å². The first kappa shape index (κ1) is 9.27. The predicted molar refractivity (Wildman–Crippen MR) is 58.4 cm³/mol. The maximum atomic E-state index is 2.16. The van der Waals surface area contributed by atoms with Gasteiger partial charge in [0.15, 0.2) is 0 Å². The molecule has 1 heterocycles. The molecule has 0 unspecified atom stereocenters. The molecule has 1 aromatic rings. The zero-order valence-electron chi connectivity index (χ0n) is 7.79. The fourth-order valence-electron chi connectivity index (χ4n) is 1.08. The van der Waals surface area contributed by atoms with Crippen LogP contribution < -0.4 is 0 Å². The Hall–Kier alpha value is -0.820. The van der Waals surface area contributed by atoms with Gasteiger partial charge in [0.2, 0.25) is 0 Å². The third-order valence-corrected chi connectivity index (χ3v) is 2.90. The molecule has 1 aromatic heterocycles. The van der Waals surface area contributed by atoms with E-state index in [1.54, 1.807) is 11.3 Å². The van der Waals surface area contributed by atoms with Gasteiger partial charge in [-0.3, -0.25) is 0 Å². The summed E-state index contributed by atoms with van der Waals surface area (Å²) < 4.78 is 0. The summed E-state index contributed by atoms with van der Waals surface area (Å²) in [4.78, 5) is 1.38. The number of hydrogen-bond acceptors (Lipinski definition) is 1. The van der Waals surface area contributed by atoms with E-state index < -0.39 is 0 Å². The summed E-state index contributed by atoms with van der Waals surface area (Å²) in [6.07, 6.45) is 6.38. The molecular weight excluding hydrogens is 164 g/mol. The summed E-state index contributed by atoms with van der Waals surface area (Å²) in [5, 5.41) is 2.14. The molecule has 0 aliphatic carbocycles. The van der Waals surface area contributed by atoms with Crippen LogP contribution in [0.25, 0.3) is 11.6 Å². The lowest BCUT2D eigenvalue weighted by Gasteiger charge is -1.97. The zero-order valence-corrected chi connectivity index (χ0v) is 8.61. The van der Waals surface area contributed by atoms with Gasteiger partial charge in [-0.15, -0.1) is 11.3 Å². The van der Waals surface area contributed by atoms with Crippen LogP contribution in [0.3, 0.4) is 0 Å². The molecule has 0 N–H and O–H groups in total. The van der Waals surface area contributed by atoms with E-state index in [1.807, 2.05) is 6.92 Å². The molecular formula is C11H14S. The summed E-state index contributed by atoms with van der Waals surface area (Å²) in [6, 6.07) is 2.16. The van der Waals surface area contributed by atoms with Gasteiger partial charge in [0.05, 0.1) is 0 Å². The first-order valence-corrected chi connectivity index (χ1v) is 5.01. The van der Waals surface area contributed by atoms with Crippen molar-refractivity contribution in [3.63, 3.8) is 0 Å². The van der Waals surface area contributed by atoms with Crippen LogP contribution in [0.2, 0.25) is 0 Å². The lowest BCUT2D eigenvalue weighted by Crippen LogP contribution is -1.75. The zero-order chi connectivity index (χ0) is 8.97. The second-order valence-electron chi connectivity index (χ2n) is 2.68. The van der Waals surface area contributed by atoms with E-state index in [-0.39, 0.29) is 0 Å². The minimum absolute atomic E-state index is 1.33. The topological polar surface area (TPSA) is 0 Å². The molecule has 0 aliphatic heterocycles. The lowest BCUT2D eigenvalue weighted by molar-refractivity contribution is 1.61. The van der Waals surface area contributed by atoms with E-state index in [4.69, 9.17) is 0 Å². The molecule has 12 heavy (non-hydrogen) atoms. The van der Waals surface area contributed by atoms with E-state index in [2.05, 4.69) is 43.5 Å². The summed E-state index contributed by atoms with van der Waals surface area (Å²) in [6.45, 7) is 6.28. The Labute approximate surface area is 78.2 Å². The highest BCUT2D eigenvalue weighted by Gasteiger charge is 2.01. The summed E-state index contributed by atoms with van der Waals surface area (Å²) in [5.74, 6) is 0. The van der Waals surface area contributed by atoms with Crippen molar-refractivity contribution in [2.45, 2.75) is 20.8 Å². The number of allylic oxidation sites excluding steroid dienone is 3. The van der Waals surface area contributed by atoms with E-state index in [1.165, 1.54) is 16.0 Å². The first-order valence-electron chi connectivity index (χ1n) is 4.13. The van der Waals surface area contributed by atoms with Gasteiger partial charge in [0, 0.05) is 4.88 Å². The van der Waals surface area contributed by atoms with Crippen LogP contribution in [0.15, 0.2) is 23.6 Å². The van der Waals surface area contributed by atoms with Crippen molar-refractivity contribution in [2.24, 2.45) is 0 Å². The molecule has 0 fully saturated rings. The highest BCUT2D eigenvalue weighted by atomic mass is 32.1. The van der Waals surface area contributed by atoms with Gasteiger partial charge >= 0.3 is 0 Å². The maximum Gasteiger partial charge on any atom is 0.0368 e. The quantitative estimate of drug-likeness (QED) is 0.636. The van der Waals surface area contributed by atoms with Gasteiger partial charge in [0.1, 0.15) is 0 Å². The Bertz CT molecular complexity index is 303. The van der Waals surface area contributed by atoms with E-state index >= 15 is 0 Å². The second kappa shape index (κ2) is 4.27. The van der Waals surface area contributed by atoms with Crippen molar-refractivity contribution >= 4 is 23.0 Å². The Morgan fingerprint density at radius 3 is 2.75 bits per heavy atom. The monoisotopic (exact) mass is 178 g/mol. The van der Waals surface area contributed by atoms with Crippen LogP contribution in [0.1, 0.15) is 31.2 Å². The maximum absolute atomic E-state index is 2.16. The molecule has 0 bridgehead atoms. The molecule has 0 aromatic carbocycles. The van der Waals surface area contributed by atoms with Crippen LogP contribution in [-0.2, 0) is 0 Å². The molecule has 1 rings (SSSR count). The van der Waals surface area contributed by atoms with Crippen molar-refractivity contribution in [2.75, 3.05) is 0 Å². The minimum atomic E-state index is 1.33. The van der Waals surface area contributed by atoms with Crippen molar-refractivity contribution in [1.82, 2.24) is 0 Å². The molecule has 1 heteroatoms. The SMILES string of the molecule is C/C=C\c1ccsc1/C(C)=C\C. The highest BCUT2D eigenvalue weighted by Crippen LogP contribution is 2.25. The molecule has 0 saturated heterocycles. The molecule has 0 spiro atoms. The third-order valence-electron chi connectivity index (χ3n) is 1.83. The Balaban J connectivity index is 3.07. The van der Waals surface area contributed by atoms with Gasteiger partial charge in [-0.25, -0.2) is 0 Å². The normalized spacial score (nSPS) is 12.8. The molecule has 0 amide bonds. The van der Waals surface area contributed by atoms with Gasteiger partial charge < -0.3 is 0 Å². The van der Waals surface area contributed by atoms with Crippen molar-refractivity contribution < 1.29 is 0 Å². The Morgan fingerprint density at radius 1 is 1.42 bits per heavy atom. The van der Waals surface area contributed by atoms with Gasteiger partial charge in [-0.1, -0.05) is 18.2 Å². The summed E-state index contributed by atoms with van der Waals surface area (Å²) >= 11 is 1.80. The first-order chi connectivity index (χ1) is 5.79. The van der Waals surface area contributed by atoms with Crippen LogP contribution in [0.4, 0.5) is 0 Å². The summed E-state index contributed by atoms with van der Waals surface area (Å²) in [7, 11) is 0. The van der Waals surface area contributed by atoms with Gasteiger partial charge in [-0.05, 0) is 43.4 Å². The molecule has 64 valence electrons. The fraction of sp³-hybridized carbons (Fsp3) is 0.273. The molecule has 0 saturated carbocycles. The number of hydrogen-bond donors (Lipinski definition) is 0. The van der Waals surface area contributed by atoms with Gasteiger partial charge in [0.25, 0.3) is 0 Å². The van der Waals surface area contributed by atoms with Crippen LogP contribution in [0, 0.1) is 0 Å². The number of thiophene rings is 1. The molecule has 0 radical (unpaired) electrons. The lowest BCUT2D eigenvalue weighted by atomic mass is 10.1. The van der Waals surface area contributed by atoms with Gasteiger partial charge in [-0.2, -0.15) is 0 Å². The summed E-state index contributed by atoms with van der Waals surface area (Å²) in [5.41, 5.74) is 2.69. The molecule has 0 nitrogen and oxygen atoms in total. The molecule has 0 aliphatic rings. The van der Waals surface area contributed by atoms with Crippen molar-refractivity contribution in [3.8, 4) is 0 Å².